The number of hydrogen-bond donors (Lipinski definition) is 2. The molecule has 5 heteroatoms. The Hall–Kier alpha value is -1.88. The lowest BCUT2D eigenvalue weighted by Crippen LogP contribution is -2.26. The summed E-state index contributed by atoms with van der Waals surface area (Å²) in [6, 6.07) is 9.81. The van der Waals surface area contributed by atoms with Crippen LogP contribution in [0.4, 0.5) is 0 Å². The number of amides is 1. The van der Waals surface area contributed by atoms with Gasteiger partial charge in [-0.2, -0.15) is 0 Å². The zero-order valence-corrected chi connectivity index (χ0v) is 13.1. The minimum Gasteiger partial charge on any atom is -0.356 e. The summed E-state index contributed by atoms with van der Waals surface area (Å²) in [5.41, 5.74) is 2.18. The molecule has 1 heterocycles. The Morgan fingerprint density at radius 2 is 2.10 bits per heavy atom. The van der Waals surface area contributed by atoms with Crippen molar-refractivity contribution in [1.82, 2.24) is 10.3 Å². The molecular weight excluding hydrogens is 332 g/mol. The van der Waals surface area contributed by atoms with Gasteiger partial charge in [-0.3, -0.25) is 9.59 Å². The van der Waals surface area contributed by atoms with E-state index in [0.29, 0.717) is 17.2 Å². The molecule has 1 aliphatic carbocycles. The van der Waals surface area contributed by atoms with Gasteiger partial charge in [0.2, 0.25) is 0 Å². The van der Waals surface area contributed by atoms with E-state index in [1.54, 1.807) is 12.3 Å². The molecule has 1 fully saturated rings. The first kappa shape index (κ1) is 14.1. The lowest BCUT2D eigenvalue weighted by Gasteiger charge is -2.05. The number of aromatic amines is 1. The predicted octanol–water partition coefficient (Wildman–Crippen LogP) is 3.27. The van der Waals surface area contributed by atoms with Crippen LogP contribution in [0, 0.1) is 0 Å². The standard InChI is InChI=1S/C16H15BrN2O2/c1-9(20)10-6-15(18-8-10)16(21)19-14-7-12(14)11-4-2-3-5-13(11)17/h2-6,8,12,14,18H,7H2,1H3,(H,19,21)/t12-,14-/m1/s1. The summed E-state index contributed by atoms with van der Waals surface area (Å²) in [7, 11) is 0. The molecule has 4 nitrogen and oxygen atoms in total. The fourth-order valence-electron chi connectivity index (χ4n) is 2.45. The van der Waals surface area contributed by atoms with Gasteiger partial charge in [-0.15, -0.1) is 0 Å². The molecule has 1 saturated carbocycles. The SMILES string of the molecule is CC(=O)c1c[nH]c(C(=O)N[C@@H]2C[C@@H]2c2ccccc2Br)c1. The smallest absolute Gasteiger partial charge is 0.267 e. The second-order valence-corrected chi connectivity index (χ2v) is 6.16. The van der Waals surface area contributed by atoms with Gasteiger partial charge in [0.15, 0.2) is 5.78 Å². The number of rotatable bonds is 4. The molecule has 2 atom stereocenters. The average Bonchev–Trinajstić information content (AvgIpc) is 3.02. The molecule has 3 rings (SSSR count). The zero-order valence-electron chi connectivity index (χ0n) is 11.5. The molecule has 1 aliphatic rings. The van der Waals surface area contributed by atoms with E-state index in [0.717, 1.165) is 10.9 Å². The van der Waals surface area contributed by atoms with Crippen molar-refractivity contribution in [2.75, 3.05) is 0 Å². The third-order valence-corrected chi connectivity index (χ3v) is 4.47. The van der Waals surface area contributed by atoms with Gasteiger partial charge in [0.25, 0.3) is 5.91 Å². The average molecular weight is 347 g/mol. The van der Waals surface area contributed by atoms with Crippen LogP contribution in [-0.4, -0.2) is 22.7 Å². The van der Waals surface area contributed by atoms with Gasteiger partial charge in [0.1, 0.15) is 5.69 Å². The van der Waals surface area contributed by atoms with Crippen LogP contribution in [0.5, 0.6) is 0 Å². The van der Waals surface area contributed by atoms with Crippen LogP contribution in [0.2, 0.25) is 0 Å². The zero-order chi connectivity index (χ0) is 15.0. The number of Topliss-reactive ketones (excluding diaryl/α,β-unsaturated/α-hetero) is 1. The summed E-state index contributed by atoms with van der Waals surface area (Å²) in [5.74, 6) is 0.136. The molecule has 2 N–H and O–H groups in total. The minimum atomic E-state index is -0.165. The predicted molar refractivity (Wildman–Crippen MR) is 83.6 cm³/mol. The van der Waals surface area contributed by atoms with E-state index in [1.165, 1.54) is 12.5 Å². The molecule has 1 aromatic carbocycles. The highest BCUT2D eigenvalue weighted by atomic mass is 79.9. The van der Waals surface area contributed by atoms with Crippen LogP contribution >= 0.6 is 15.9 Å². The number of halogens is 1. The first-order valence-electron chi connectivity index (χ1n) is 6.81. The molecule has 1 aromatic heterocycles. The highest BCUT2D eigenvalue weighted by molar-refractivity contribution is 9.10. The molecule has 0 bridgehead atoms. The normalized spacial score (nSPS) is 20.1. The van der Waals surface area contributed by atoms with Crippen LogP contribution in [0.25, 0.3) is 0 Å². The Labute approximate surface area is 131 Å². The summed E-state index contributed by atoms with van der Waals surface area (Å²) >= 11 is 3.54. The quantitative estimate of drug-likeness (QED) is 0.834. The van der Waals surface area contributed by atoms with Crippen molar-refractivity contribution in [3.8, 4) is 0 Å². The topological polar surface area (TPSA) is 62.0 Å². The van der Waals surface area contributed by atoms with E-state index in [9.17, 15) is 9.59 Å². The number of nitrogens with one attached hydrogen (secondary N) is 2. The molecule has 0 saturated heterocycles. The van der Waals surface area contributed by atoms with E-state index in [-0.39, 0.29) is 17.7 Å². The summed E-state index contributed by atoms with van der Waals surface area (Å²) < 4.78 is 1.07. The highest BCUT2D eigenvalue weighted by Crippen LogP contribution is 2.43. The lowest BCUT2D eigenvalue weighted by molar-refractivity contribution is 0.0945. The third kappa shape index (κ3) is 2.93. The van der Waals surface area contributed by atoms with Gasteiger partial charge < -0.3 is 10.3 Å². The number of ketones is 1. The largest absolute Gasteiger partial charge is 0.356 e. The summed E-state index contributed by atoms with van der Waals surface area (Å²) in [6.07, 6.45) is 2.50. The molecule has 0 radical (unpaired) electrons. The van der Waals surface area contributed by atoms with E-state index in [1.807, 2.05) is 18.2 Å². The molecule has 0 spiro atoms. The van der Waals surface area contributed by atoms with Crippen molar-refractivity contribution in [2.24, 2.45) is 0 Å². The molecule has 2 aromatic rings. The van der Waals surface area contributed by atoms with Gasteiger partial charge in [0, 0.05) is 28.2 Å². The van der Waals surface area contributed by atoms with E-state index in [2.05, 4.69) is 32.3 Å². The van der Waals surface area contributed by atoms with Crippen molar-refractivity contribution in [3.63, 3.8) is 0 Å². The second kappa shape index (κ2) is 5.48. The van der Waals surface area contributed by atoms with Crippen molar-refractivity contribution < 1.29 is 9.59 Å². The summed E-state index contributed by atoms with van der Waals surface area (Å²) in [5, 5.41) is 3.00. The molecule has 1 amide bonds. The van der Waals surface area contributed by atoms with E-state index >= 15 is 0 Å². The minimum absolute atomic E-state index is 0.0529. The number of carbonyl (C=O) groups excluding carboxylic acids is 2. The number of H-pyrrole nitrogens is 1. The molecule has 108 valence electrons. The number of benzene rings is 1. The molecular formula is C16H15BrN2O2. The van der Waals surface area contributed by atoms with Crippen LogP contribution in [0.3, 0.4) is 0 Å². The summed E-state index contributed by atoms with van der Waals surface area (Å²) in [6.45, 7) is 1.48. The van der Waals surface area contributed by atoms with Crippen molar-refractivity contribution >= 4 is 27.6 Å². The maximum absolute atomic E-state index is 12.1. The summed E-state index contributed by atoms with van der Waals surface area (Å²) in [4.78, 5) is 26.2. The lowest BCUT2D eigenvalue weighted by atomic mass is 10.1. The Morgan fingerprint density at radius 3 is 2.76 bits per heavy atom. The van der Waals surface area contributed by atoms with Crippen molar-refractivity contribution in [2.45, 2.75) is 25.3 Å². The number of carbonyl (C=O) groups is 2. The Kier molecular flexibility index (Phi) is 3.68. The van der Waals surface area contributed by atoms with E-state index in [4.69, 9.17) is 0 Å². The monoisotopic (exact) mass is 346 g/mol. The fraction of sp³-hybridized carbons (Fsp3) is 0.250. The third-order valence-electron chi connectivity index (χ3n) is 3.75. The van der Waals surface area contributed by atoms with Crippen LogP contribution in [0.15, 0.2) is 41.0 Å². The first-order valence-corrected chi connectivity index (χ1v) is 7.60. The Morgan fingerprint density at radius 1 is 1.33 bits per heavy atom. The maximum atomic E-state index is 12.1. The van der Waals surface area contributed by atoms with Crippen molar-refractivity contribution in [1.29, 1.82) is 0 Å². The van der Waals surface area contributed by atoms with Gasteiger partial charge in [-0.1, -0.05) is 34.1 Å². The van der Waals surface area contributed by atoms with Gasteiger partial charge in [0.05, 0.1) is 0 Å². The fourth-order valence-corrected chi connectivity index (χ4v) is 3.03. The molecule has 0 aliphatic heterocycles. The Bertz CT molecular complexity index is 708. The van der Waals surface area contributed by atoms with Crippen molar-refractivity contribution in [3.05, 3.63) is 57.8 Å². The number of hydrogen-bond acceptors (Lipinski definition) is 2. The van der Waals surface area contributed by atoms with Crippen LogP contribution < -0.4 is 5.32 Å². The highest BCUT2D eigenvalue weighted by Gasteiger charge is 2.40. The molecule has 0 unspecified atom stereocenters. The van der Waals surface area contributed by atoms with Crippen LogP contribution in [-0.2, 0) is 0 Å². The Balaban J connectivity index is 1.64. The van der Waals surface area contributed by atoms with E-state index < -0.39 is 0 Å². The molecule has 21 heavy (non-hydrogen) atoms. The number of aromatic nitrogens is 1. The first-order chi connectivity index (χ1) is 10.1. The van der Waals surface area contributed by atoms with Gasteiger partial charge in [-0.25, -0.2) is 0 Å². The second-order valence-electron chi connectivity index (χ2n) is 5.30. The van der Waals surface area contributed by atoms with Crippen LogP contribution in [0.1, 0.15) is 45.7 Å². The van der Waals surface area contributed by atoms with Gasteiger partial charge in [-0.05, 0) is 31.0 Å². The van der Waals surface area contributed by atoms with Gasteiger partial charge >= 0.3 is 0 Å². The maximum Gasteiger partial charge on any atom is 0.267 e.